The number of nitrogens with zero attached hydrogens (tertiary/aromatic N) is 4. The largest absolute Gasteiger partial charge is 0.497 e. The SMILES string of the molecule is COc1ccc(-c2nnc(SCC(=O)c3cc(C)n(C)c3C)n2-c2ccccc2C(C)C)cc1. The first-order valence-corrected chi connectivity index (χ1v) is 12.3. The summed E-state index contributed by atoms with van der Waals surface area (Å²) in [7, 11) is 3.63. The van der Waals surface area contributed by atoms with Gasteiger partial charge in [0.2, 0.25) is 0 Å². The molecular formula is C27H30N4O2S. The quantitative estimate of drug-likeness (QED) is 0.232. The van der Waals surface area contributed by atoms with Crippen molar-refractivity contribution >= 4 is 17.5 Å². The standard InChI is InChI=1S/C27H30N4O2S/c1-17(2)22-9-7-8-10-24(22)31-26(20-11-13-21(33-6)14-12-20)28-29-27(31)34-16-25(32)23-15-18(3)30(5)19(23)4/h7-15,17H,16H2,1-6H3. The Labute approximate surface area is 205 Å². The van der Waals surface area contributed by atoms with E-state index in [-0.39, 0.29) is 11.5 Å². The molecule has 0 aliphatic rings. The molecule has 34 heavy (non-hydrogen) atoms. The van der Waals surface area contributed by atoms with Crippen LogP contribution in [0.5, 0.6) is 5.75 Å². The van der Waals surface area contributed by atoms with Gasteiger partial charge >= 0.3 is 0 Å². The average molecular weight is 475 g/mol. The number of Topliss-reactive ketones (excluding diaryl/α,β-unsaturated/α-hetero) is 1. The minimum Gasteiger partial charge on any atom is -0.497 e. The fourth-order valence-corrected chi connectivity index (χ4v) is 4.86. The molecule has 0 fully saturated rings. The molecule has 0 aliphatic heterocycles. The third kappa shape index (κ3) is 4.53. The summed E-state index contributed by atoms with van der Waals surface area (Å²) in [5.74, 6) is 2.21. The van der Waals surface area contributed by atoms with Crippen LogP contribution >= 0.6 is 11.8 Å². The highest BCUT2D eigenvalue weighted by Crippen LogP contribution is 2.33. The molecule has 6 nitrogen and oxygen atoms in total. The van der Waals surface area contributed by atoms with Crippen molar-refractivity contribution in [2.24, 2.45) is 7.05 Å². The summed E-state index contributed by atoms with van der Waals surface area (Å²) < 4.78 is 9.43. The van der Waals surface area contributed by atoms with Crippen molar-refractivity contribution in [1.82, 2.24) is 19.3 Å². The van der Waals surface area contributed by atoms with Crippen molar-refractivity contribution in [3.05, 3.63) is 77.1 Å². The maximum atomic E-state index is 13.1. The predicted molar refractivity (Wildman–Crippen MR) is 137 cm³/mol. The molecule has 176 valence electrons. The molecule has 2 aromatic carbocycles. The Morgan fingerprint density at radius 1 is 1.06 bits per heavy atom. The van der Waals surface area contributed by atoms with Crippen molar-refractivity contribution in [2.45, 2.75) is 38.8 Å². The Hall–Kier alpha value is -3.32. The van der Waals surface area contributed by atoms with E-state index in [0.717, 1.165) is 39.8 Å². The van der Waals surface area contributed by atoms with Crippen molar-refractivity contribution in [3.63, 3.8) is 0 Å². The van der Waals surface area contributed by atoms with Crippen LogP contribution in [0.2, 0.25) is 0 Å². The Kier molecular flexibility index (Phi) is 6.93. The lowest BCUT2D eigenvalue weighted by molar-refractivity contribution is 0.102. The number of hydrogen-bond donors (Lipinski definition) is 0. The number of aromatic nitrogens is 4. The number of para-hydroxylation sites is 1. The lowest BCUT2D eigenvalue weighted by Crippen LogP contribution is -2.08. The summed E-state index contributed by atoms with van der Waals surface area (Å²) in [5.41, 5.74) is 5.96. The minimum absolute atomic E-state index is 0.0869. The van der Waals surface area contributed by atoms with E-state index in [4.69, 9.17) is 4.74 Å². The van der Waals surface area contributed by atoms with Crippen LogP contribution in [0.25, 0.3) is 17.1 Å². The second kappa shape index (κ2) is 9.89. The number of carbonyl (C=O) groups excluding carboxylic acids is 1. The third-order valence-electron chi connectivity index (χ3n) is 6.19. The van der Waals surface area contributed by atoms with Gasteiger partial charge in [-0.3, -0.25) is 9.36 Å². The summed E-state index contributed by atoms with van der Waals surface area (Å²) in [6.07, 6.45) is 0. The van der Waals surface area contributed by atoms with Crippen LogP contribution in [0.3, 0.4) is 0 Å². The van der Waals surface area contributed by atoms with Crippen molar-refractivity contribution in [2.75, 3.05) is 12.9 Å². The molecule has 0 spiro atoms. The van der Waals surface area contributed by atoms with Gasteiger partial charge in [-0.2, -0.15) is 0 Å². The first kappa shape index (κ1) is 23.8. The van der Waals surface area contributed by atoms with Gasteiger partial charge in [-0.1, -0.05) is 43.8 Å². The van der Waals surface area contributed by atoms with Crippen molar-refractivity contribution < 1.29 is 9.53 Å². The fourth-order valence-electron chi connectivity index (χ4n) is 4.03. The second-order valence-electron chi connectivity index (χ2n) is 8.64. The number of carbonyl (C=O) groups is 1. The number of ether oxygens (including phenoxy) is 1. The molecule has 4 rings (SSSR count). The zero-order chi connectivity index (χ0) is 24.4. The second-order valence-corrected chi connectivity index (χ2v) is 9.58. The maximum absolute atomic E-state index is 13.1. The third-order valence-corrected chi connectivity index (χ3v) is 7.12. The molecule has 0 atom stereocenters. The monoisotopic (exact) mass is 474 g/mol. The molecule has 0 radical (unpaired) electrons. The van der Waals surface area contributed by atoms with Crippen LogP contribution in [-0.2, 0) is 7.05 Å². The number of thioether (sulfide) groups is 1. The maximum Gasteiger partial charge on any atom is 0.196 e. The van der Waals surface area contributed by atoms with Crippen LogP contribution in [0.15, 0.2) is 59.8 Å². The van der Waals surface area contributed by atoms with Gasteiger partial charge < -0.3 is 9.30 Å². The van der Waals surface area contributed by atoms with Gasteiger partial charge in [0, 0.05) is 29.6 Å². The first-order chi connectivity index (χ1) is 16.3. The van der Waals surface area contributed by atoms with Crippen molar-refractivity contribution in [3.8, 4) is 22.8 Å². The average Bonchev–Trinajstić information content (AvgIpc) is 3.38. The molecule has 0 unspecified atom stereocenters. The van der Waals surface area contributed by atoms with Gasteiger partial charge in [0.1, 0.15) is 5.75 Å². The smallest absolute Gasteiger partial charge is 0.196 e. The summed E-state index contributed by atoms with van der Waals surface area (Å²) in [4.78, 5) is 13.1. The van der Waals surface area contributed by atoms with Crippen LogP contribution in [-0.4, -0.2) is 38.0 Å². The van der Waals surface area contributed by atoms with E-state index in [2.05, 4.69) is 40.7 Å². The molecule has 0 N–H and O–H groups in total. The number of methoxy groups -OCH3 is 1. The Morgan fingerprint density at radius 2 is 1.76 bits per heavy atom. The summed E-state index contributed by atoms with van der Waals surface area (Å²) in [6.45, 7) is 8.34. The number of rotatable bonds is 8. The molecule has 7 heteroatoms. The number of ketones is 1. The van der Waals surface area contributed by atoms with E-state index in [1.54, 1.807) is 7.11 Å². The minimum atomic E-state index is 0.0869. The zero-order valence-electron chi connectivity index (χ0n) is 20.5. The molecule has 2 aromatic heterocycles. The van der Waals surface area contributed by atoms with Crippen LogP contribution < -0.4 is 4.74 Å². The summed E-state index contributed by atoms with van der Waals surface area (Å²) >= 11 is 1.42. The molecule has 0 amide bonds. The Morgan fingerprint density at radius 3 is 2.38 bits per heavy atom. The number of aryl methyl sites for hydroxylation is 1. The predicted octanol–water partition coefficient (Wildman–Crippen LogP) is 6.00. The van der Waals surface area contributed by atoms with E-state index in [0.29, 0.717) is 11.1 Å². The van der Waals surface area contributed by atoms with Gasteiger partial charge in [0.25, 0.3) is 0 Å². The molecule has 2 heterocycles. The molecule has 4 aromatic rings. The first-order valence-electron chi connectivity index (χ1n) is 11.3. The number of hydrogen-bond acceptors (Lipinski definition) is 5. The highest BCUT2D eigenvalue weighted by Gasteiger charge is 2.21. The van der Waals surface area contributed by atoms with Gasteiger partial charge in [-0.25, -0.2) is 0 Å². The topological polar surface area (TPSA) is 61.9 Å². The highest BCUT2D eigenvalue weighted by molar-refractivity contribution is 7.99. The van der Waals surface area contributed by atoms with E-state index >= 15 is 0 Å². The Bertz CT molecular complexity index is 1320. The highest BCUT2D eigenvalue weighted by atomic mass is 32.2. The summed E-state index contributed by atoms with van der Waals surface area (Å²) in [5, 5.41) is 9.74. The van der Waals surface area contributed by atoms with Crippen molar-refractivity contribution in [1.29, 1.82) is 0 Å². The van der Waals surface area contributed by atoms with Gasteiger partial charge in [-0.05, 0) is 61.7 Å². The zero-order valence-corrected chi connectivity index (χ0v) is 21.3. The van der Waals surface area contributed by atoms with Crippen LogP contribution in [0, 0.1) is 13.8 Å². The fraction of sp³-hybridized carbons (Fsp3) is 0.296. The normalized spacial score (nSPS) is 11.3. The number of benzene rings is 2. The lowest BCUT2D eigenvalue weighted by Gasteiger charge is -2.17. The van der Waals surface area contributed by atoms with Gasteiger partial charge in [0.05, 0.1) is 18.6 Å². The molecule has 0 aliphatic carbocycles. The van der Waals surface area contributed by atoms with E-state index < -0.39 is 0 Å². The lowest BCUT2D eigenvalue weighted by atomic mass is 10.0. The molecule has 0 bridgehead atoms. The van der Waals surface area contributed by atoms with E-state index in [1.807, 2.05) is 67.9 Å². The Balaban J connectivity index is 1.75. The van der Waals surface area contributed by atoms with E-state index in [9.17, 15) is 4.79 Å². The van der Waals surface area contributed by atoms with Gasteiger partial charge in [0.15, 0.2) is 16.8 Å². The van der Waals surface area contributed by atoms with E-state index in [1.165, 1.54) is 17.3 Å². The van der Waals surface area contributed by atoms with Crippen LogP contribution in [0.4, 0.5) is 0 Å². The van der Waals surface area contributed by atoms with Crippen LogP contribution in [0.1, 0.15) is 47.1 Å². The van der Waals surface area contributed by atoms with Gasteiger partial charge in [-0.15, -0.1) is 10.2 Å². The molecule has 0 saturated carbocycles. The molecular weight excluding hydrogens is 444 g/mol. The molecule has 0 saturated heterocycles. The summed E-state index contributed by atoms with van der Waals surface area (Å²) in [6, 6.07) is 18.0.